The van der Waals surface area contributed by atoms with Crippen molar-refractivity contribution in [2.45, 2.75) is 25.9 Å². The summed E-state index contributed by atoms with van der Waals surface area (Å²) in [6.07, 6.45) is 2.24. The fourth-order valence-electron chi connectivity index (χ4n) is 3.46. The summed E-state index contributed by atoms with van der Waals surface area (Å²) in [6.45, 7) is 1.99. The van der Waals surface area contributed by atoms with Gasteiger partial charge in [-0.05, 0) is 48.4 Å². The molecule has 0 unspecified atom stereocenters. The fourth-order valence-corrected chi connectivity index (χ4v) is 4.38. The fraction of sp³-hybridized carbons (Fsp3) is 0.208. The van der Waals surface area contributed by atoms with Crippen LogP contribution in [0.15, 0.2) is 70.1 Å². The Balaban J connectivity index is 1.78. The number of halogens is 1. The van der Waals surface area contributed by atoms with Gasteiger partial charge in [0, 0.05) is 16.4 Å². The van der Waals surface area contributed by atoms with Crippen LogP contribution in [0.3, 0.4) is 0 Å². The van der Waals surface area contributed by atoms with E-state index < -0.39 is 33.6 Å². The van der Waals surface area contributed by atoms with Gasteiger partial charge in [-0.15, -0.1) is 0 Å². The molecule has 0 aliphatic heterocycles. The molecule has 0 fully saturated rings. The highest BCUT2D eigenvalue weighted by atomic mass is 79.9. The van der Waals surface area contributed by atoms with Crippen molar-refractivity contribution in [3.05, 3.63) is 92.3 Å². The van der Waals surface area contributed by atoms with E-state index in [9.17, 15) is 27.9 Å². The maximum Gasteiger partial charge on any atom is 0.319 e. The van der Waals surface area contributed by atoms with Crippen LogP contribution in [-0.2, 0) is 21.4 Å². The SMILES string of the molecule is Cc1ccc([C@H](CC(=O)O)NC(=O)Nc2cccn(Cc3cc(NS(C)(=O)=O)ccc3Br)c2=O)cc1. The molecule has 4 N–H and O–H groups in total. The standard InChI is InChI=1S/C24H25BrN4O6S/c1-15-5-7-16(8-6-15)21(13-22(30)31)27-24(33)26-20-4-3-11-29(23(20)32)14-17-12-18(9-10-19(17)25)28-36(2,34)35/h3-12,21,28H,13-14H2,1-2H3,(H,30,31)(H2,26,27,33)/t21-/m0/s1. The van der Waals surface area contributed by atoms with E-state index in [0.29, 0.717) is 21.3 Å². The molecule has 10 nitrogen and oxygen atoms in total. The average molecular weight is 577 g/mol. The summed E-state index contributed by atoms with van der Waals surface area (Å²) < 4.78 is 27.5. The molecule has 2 aromatic carbocycles. The highest BCUT2D eigenvalue weighted by Gasteiger charge is 2.19. The lowest BCUT2D eigenvalue weighted by atomic mass is 10.0. The van der Waals surface area contributed by atoms with Crippen LogP contribution in [-0.4, -0.2) is 36.3 Å². The topological polar surface area (TPSA) is 147 Å². The number of carbonyl (C=O) groups is 2. The summed E-state index contributed by atoms with van der Waals surface area (Å²) in [5, 5.41) is 14.4. The molecule has 2 amide bonds. The van der Waals surface area contributed by atoms with Crippen molar-refractivity contribution in [1.82, 2.24) is 9.88 Å². The highest BCUT2D eigenvalue weighted by molar-refractivity contribution is 9.10. The van der Waals surface area contributed by atoms with E-state index in [0.717, 1.165) is 11.8 Å². The Morgan fingerprint density at radius 2 is 1.81 bits per heavy atom. The lowest BCUT2D eigenvalue weighted by molar-refractivity contribution is -0.137. The molecule has 1 aromatic heterocycles. The molecule has 0 radical (unpaired) electrons. The minimum atomic E-state index is -3.47. The molecular formula is C24H25BrN4O6S. The summed E-state index contributed by atoms with van der Waals surface area (Å²) >= 11 is 3.40. The number of hydrogen-bond acceptors (Lipinski definition) is 5. The Morgan fingerprint density at radius 1 is 1.11 bits per heavy atom. The number of aliphatic carboxylic acids is 1. The highest BCUT2D eigenvalue weighted by Crippen LogP contribution is 2.23. The molecule has 0 saturated heterocycles. The van der Waals surface area contributed by atoms with Crippen molar-refractivity contribution in [3.8, 4) is 0 Å². The largest absolute Gasteiger partial charge is 0.481 e. The molecular weight excluding hydrogens is 552 g/mol. The van der Waals surface area contributed by atoms with Crippen molar-refractivity contribution >= 4 is 49.3 Å². The van der Waals surface area contributed by atoms with Crippen molar-refractivity contribution < 1.29 is 23.1 Å². The van der Waals surface area contributed by atoms with Gasteiger partial charge in [-0.25, -0.2) is 13.2 Å². The Bertz CT molecular complexity index is 1440. The number of carboxylic acids is 1. The average Bonchev–Trinajstić information content (AvgIpc) is 2.77. The summed E-state index contributed by atoms with van der Waals surface area (Å²) in [6, 6.07) is 13.5. The molecule has 0 aliphatic carbocycles. The van der Waals surface area contributed by atoms with Crippen molar-refractivity contribution in [2.75, 3.05) is 16.3 Å². The molecule has 0 bridgehead atoms. The number of hydrogen-bond donors (Lipinski definition) is 4. The monoisotopic (exact) mass is 576 g/mol. The van der Waals surface area contributed by atoms with Crippen LogP contribution in [0.5, 0.6) is 0 Å². The maximum absolute atomic E-state index is 13.0. The zero-order chi connectivity index (χ0) is 26.5. The smallest absolute Gasteiger partial charge is 0.319 e. The summed E-state index contributed by atoms with van der Waals surface area (Å²) in [5.74, 6) is -1.08. The van der Waals surface area contributed by atoms with Gasteiger partial charge in [0.25, 0.3) is 5.56 Å². The number of carbonyl (C=O) groups excluding carboxylic acids is 1. The minimum absolute atomic E-state index is 0.00507. The molecule has 3 aromatic rings. The second-order valence-corrected chi connectivity index (χ2v) is 10.8. The second-order valence-electron chi connectivity index (χ2n) is 8.19. The number of nitrogens with one attached hydrogen (secondary N) is 3. The van der Waals surface area contributed by atoms with E-state index in [2.05, 4.69) is 31.3 Å². The van der Waals surface area contributed by atoms with E-state index in [1.807, 2.05) is 19.1 Å². The van der Waals surface area contributed by atoms with Gasteiger partial charge in [-0.3, -0.25) is 14.3 Å². The maximum atomic E-state index is 13.0. The third kappa shape index (κ3) is 7.68. The summed E-state index contributed by atoms with van der Waals surface area (Å²) in [7, 11) is -3.47. The van der Waals surface area contributed by atoms with E-state index in [1.54, 1.807) is 36.4 Å². The molecule has 1 heterocycles. The third-order valence-corrected chi connectivity index (χ3v) is 6.50. The van der Waals surface area contributed by atoms with Gasteiger partial charge in [-0.2, -0.15) is 0 Å². The van der Waals surface area contributed by atoms with Gasteiger partial charge in [-0.1, -0.05) is 45.8 Å². The molecule has 0 saturated carbocycles. The Kier molecular flexibility index (Phi) is 8.53. The van der Waals surface area contributed by atoms with Crippen LogP contribution in [0.25, 0.3) is 0 Å². The first-order valence-electron chi connectivity index (χ1n) is 10.7. The zero-order valence-corrected chi connectivity index (χ0v) is 21.9. The molecule has 36 heavy (non-hydrogen) atoms. The molecule has 1 atom stereocenters. The number of urea groups is 1. The zero-order valence-electron chi connectivity index (χ0n) is 19.5. The van der Waals surface area contributed by atoms with Crippen molar-refractivity contribution in [2.24, 2.45) is 0 Å². The Hall–Kier alpha value is -3.64. The van der Waals surface area contributed by atoms with Crippen LogP contribution in [0.1, 0.15) is 29.2 Å². The van der Waals surface area contributed by atoms with E-state index >= 15 is 0 Å². The van der Waals surface area contributed by atoms with Gasteiger partial charge in [0.05, 0.1) is 25.3 Å². The third-order valence-electron chi connectivity index (χ3n) is 5.12. The van der Waals surface area contributed by atoms with Crippen LogP contribution < -0.4 is 20.9 Å². The second kappa shape index (κ2) is 11.4. The lowest BCUT2D eigenvalue weighted by Gasteiger charge is -2.18. The first kappa shape index (κ1) is 27.0. The lowest BCUT2D eigenvalue weighted by Crippen LogP contribution is -2.36. The number of carboxylic acid groups (broad SMARTS) is 1. The molecule has 3 rings (SSSR count). The summed E-state index contributed by atoms with van der Waals surface area (Å²) in [4.78, 5) is 37.0. The Labute approximate surface area is 216 Å². The summed E-state index contributed by atoms with van der Waals surface area (Å²) in [5.41, 5.74) is 2.09. The van der Waals surface area contributed by atoms with E-state index in [-0.39, 0.29) is 18.7 Å². The molecule has 190 valence electrons. The van der Waals surface area contributed by atoms with Gasteiger partial charge >= 0.3 is 12.0 Å². The number of aromatic nitrogens is 1. The van der Waals surface area contributed by atoms with E-state index in [1.165, 1.54) is 16.8 Å². The van der Waals surface area contributed by atoms with E-state index in [4.69, 9.17) is 0 Å². The van der Waals surface area contributed by atoms with Gasteiger partial charge < -0.3 is 20.3 Å². The number of anilines is 2. The first-order chi connectivity index (χ1) is 16.9. The molecule has 0 spiro atoms. The van der Waals surface area contributed by atoms with Crippen LogP contribution in [0, 0.1) is 6.92 Å². The number of sulfonamides is 1. The molecule has 12 heteroatoms. The normalized spacial score (nSPS) is 12.0. The first-order valence-corrected chi connectivity index (χ1v) is 13.4. The quantitative estimate of drug-likeness (QED) is 0.305. The van der Waals surface area contributed by atoms with Crippen LogP contribution in [0.2, 0.25) is 0 Å². The van der Waals surface area contributed by atoms with Gasteiger partial charge in [0.15, 0.2) is 0 Å². The Morgan fingerprint density at radius 3 is 2.44 bits per heavy atom. The van der Waals surface area contributed by atoms with Crippen molar-refractivity contribution in [1.29, 1.82) is 0 Å². The molecule has 0 aliphatic rings. The number of pyridine rings is 1. The minimum Gasteiger partial charge on any atom is -0.481 e. The van der Waals surface area contributed by atoms with Gasteiger partial charge in [0.2, 0.25) is 10.0 Å². The van der Waals surface area contributed by atoms with Crippen LogP contribution >= 0.6 is 15.9 Å². The van der Waals surface area contributed by atoms with Crippen molar-refractivity contribution in [3.63, 3.8) is 0 Å². The predicted octanol–water partition coefficient (Wildman–Crippen LogP) is 3.68. The number of benzene rings is 2. The number of amides is 2. The van der Waals surface area contributed by atoms with Gasteiger partial charge in [0.1, 0.15) is 5.69 Å². The number of rotatable bonds is 9. The number of nitrogens with zero attached hydrogens (tertiary/aromatic N) is 1. The predicted molar refractivity (Wildman–Crippen MR) is 141 cm³/mol. The van der Waals surface area contributed by atoms with Crippen LogP contribution in [0.4, 0.5) is 16.2 Å². The number of aryl methyl sites for hydroxylation is 1.